The first kappa shape index (κ1) is 22.3. The molecule has 1 atom stereocenters. The summed E-state index contributed by atoms with van der Waals surface area (Å²) in [4.78, 5) is 19.1. The predicted molar refractivity (Wildman–Crippen MR) is 99.0 cm³/mol. The van der Waals surface area contributed by atoms with Crippen LogP contribution in [0.5, 0.6) is 0 Å². The van der Waals surface area contributed by atoms with Crippen LogP contribution in [0.2, 0.25) is 0 Å². The summed E-state index contributed by atoms with van der Waals surface area (Å²) >= 11 is 0. The first-order valence-corrected chi connectivity index (χ1v) is 8.89. The van der Waals surface area contributed by atoms with Crippen molar-refractivity contribution >= 4 is 13.3 Å². The van der Waals surface area contributed by atoms with Gasteiger partial charge in [-0.25, -0.2) is 0 Å². The van der Waals surface area contributed by atoms with Gasteiger partial charge in [0, 0.05) is 12.6 Å². The number of rotatable bonds is 7. The van der Waals surface area contributed by atoms with E-state index in [1.807, 2.05) is 6.79 Å². The third kappa shape index (κ3) is 8.82. The molecule has 1 fully saturated rings. The number of likely N-dealkylation sites (tertiary alicyclic amines) is 1. The van der Waals surface area contributed by atoms with E-state index in [-0.39, 0.29) is 6.47 Å². The second-order valence-electron chi connectivity index (χ2n) is 6.12. The average molecular weight is 335 g/mol. The fraction of sp³-hybridized carbons (Fsp3) is 0.600. The second-order valence-corrected chi connectivity index (χ2v) is 6.12. The van der Waals surface area contributed by atoms with Gasteiger partial charge in [0.15, 0.2) is 0 Å². The van der Waals surface area contributed by atoms with Gasteiger partial charge in [-0.15, -0.1) is 0 Å². The van der Waals surface area contributed by atoms with E-state index in [9.17, 15) is 0 Å². The van der Waals surface area contributed by atoms with Gasteiger partial charge >= 0.3 is 0 Å². The van der Waals surface area contributed by atoms with E-state index in [4.69, 9.17) is 14.7 Å². The highest BCUT2D eigenvalue weighted by atomic mass is 16.3. The molecule has 0 amide bonds. The molecule has 136 valence electrons. The molecule has 4 heteroatoms. The van der Waals surface area contributed by atoms with Crippen molar-refractivity contribution in [3.05, 3.63) is 35.9 Å². The molecular formula is C20H33NO3. The maximum atomic E-state index is 8.36. The van der Waals surface area contributed by atoms with Crippen molar-refractivity contribution < 1.29 is 14.7 Å². The quantitative estimate of drug-likeness (QED) is 0.751. The minimum atomic E-state index is -0.250. The third-order valence-electron chi connectivity index (χ3n) is 4.79. The summed E-state index contributed by atoms with van der Waals surface area (Å²) in [6.45, 7) is 8.87. The molecule has 0 bridgehead atoms. The number of hydrogen-bond donors (Lipinski definition) is 1. The van der Waals surface area contributed by atoms with E-state index in [1.54, 1.807) is 0 Å². The zero-order valence-corrected chi connectivity index (χ0v) is 15.2. The van der Waals surface area contributed by atoms with Gasteiger partial charge in [-0.05, 0) is 43.7 Å². The van der Waals surface area contributed by atoms with Gasteiger partial charge in [-0.2, -0.15) is 0 Å². The van der Waals surface area contributed by atoms with Crippen molar-refractivity contribution in [2.45, 2.75) is 65.0 Å². The molecule has 0 spiro atoms. The van der Waals surface area contributed by atoms with Gasteiger partial charge in [0.05, 0.1) is 0 Å². The zero-order chi connectivity index (χ0) is 18.2. The number of nitrogens with zero attached hydrogens (tertiary/aromatic N) is 1. The molecule has 1 aliphatic rings. The lowest BCUT2D eigenvalue weighted by atomic mass is 9.94. The number of carbonyl (C=O) groups excluding carboxylic acids is 1. The van der Waals surface area contributed by atoms with Crippen molar-refractivity contribution in [1.82, 2.24) is 4.90 Å². The Bertz CT molecular complexity index is 407. The molecule has 4 nitrogen and oxygen atoms in total. The van der Waals surface area contributed by atoms with Crippen molar-refractivity contribution in [2.75, 3.05) is 6.54 Å². The lowest BCUT2D eigenvalue weighted by molar-refractivity contribution is -0.122. The normalized spacial score (nSPS) is 16.7. The highest BCUT2D eigenvalue weighted by Crippen LogP contribution is 2.26. The number of benzene rings is 1. The van der Waals surface area contributed by atoms with Crippen LogP contribution in [0.4, 0.5) is 0 Å². The summed E-state index contributed by atoms with van der Waals surface area (Å²) in [5.41, 5.74) is 1.47. The second kappa shape index (κ2) is 14.9. The molecule has 2 rings (SSSR count). The maximum absolute atomic E-state index is 8.36. The highest BCUT2D eigenvalue weighted by molar-refractivity contribution is 5.32. The van der Waals surface area contributed by atoms with Crippen molar-refractivity contribution in [3.63, 3.8) is 0 Å². The number of hydrogen-bond acceptors (Lipinski definition) is 3. The lowest BCUT2D eigenvalue weighted by Crippen LogP contribution is -2.29. The molecule has 1 aromatic carbocycles. The Hall–Kier alpha value is -1.68. The summed E-state index contributed by atoms with van der Waals surface area (Å²) in [6.07, 6.45) is 8.32. The first-order chi connectivity index (χ1) is 11.7. The van der Waals surface area contributed by atoms with Crippen LogP contribution in [0.3, 0.4) is 0 Å². The van der Waals surface area contributed by atoms with Gasteiger partial charge in [0.25, 0.3) is 6.47 Å². The average Bonchev–Trinajstić information content (AvgIpc) is 3.06. The molecule has 1 aromatic rings. The van der Waals surface area contributed by atoms with Crippen molar-refractivity contribution in [2.24, 2.45) is 5.92 Å². The molecule has 1 N–H and O–H groups in total. The molecule has 0 aliphatic carbocycles. The van der Waals surface area contributed by atoms with Gasteiger partial charge in [-0.3, -0.25) is 9.69 Å². The summed E-state index contributed by atoms with van der Waals surface area (Å²) in [5, 5.41) is 6.89. The Morgan fingerprint density at radius 1 is 1.25 bits per heavy atom. The Morgan fingerprint density at radius 3 is 2.38 bits per heavy atom. The molecule has 1 aliphatic heterocycles. The SMILES string of the molecule is C=O.CCC(CC)CCC1CCCN1Cc1ccccc1.O=CO. The summed E-state index contributed by atoms with van der Waals surface area (Å²) in [6, 6.07) is 11.8. The van der Waals surface area contributed by atoms with Gasteiger partial charge in [0.2, 0.25) is 0 Å². The standard InChI is InChI=1S/C18H29N.CH2O2.CH2O/c1-3-16(4-2)12-13-18-11-8-14-19(18)15-17-9-6-5-7-10-17;2-1-3;1-2/h5-7,9-10,16,18H,3-4,8,11-15H2,1-2H3;1H,(H,2,3);1H2. The summed E-state index contributed by atoms with van der Waals surface area (Å²) in [7, 11) is 0. The molecule has 1 saturated heterocycles. The predicted octanol–water partition coefficient (Wildman–Crippen LogP) is 4.38. The Balaban J connectivity index is 0.000000952. The Morgan fingerprint density at radius 2 is 1.83 bits per heavy atom. The fourth-order valence-corrected chi connectivity index (χ4v) is 3.37. The number of carboxylic acid groups (broad SMARTS) is 1. The molecule has 0 aromatic heterocycles. The van der Waals surface area contributed by atoms with E-state index in [2.05, 4.69) is 49.1 Å². The van der Waals surface area contributed by atoms with Crippen LogP contribution in [0, 0.1) is 5.92 Å². The topological polar surface area (TPSA) is 57.6 Å². The Labute approximate surface area is 146 Å². The van der Waals surface area contributed by atoms with Crippen LogP contribution >= 0.6 is 0 Å². The molecule has 0 radical (unpaired) electrons. The van der Waals surface area contributed by atoms with Crippen LogP contribution < -0.4 is 0 Å². The molecule has 0 saturated carbocycles. The van der Waals surface area contributed by atoms with E-state index < -0.39 is 0 Å². The zero-order valence-electron chi connectivity index (χ0n) is 15.2. The maximum Gasteiger partial charge on any atom is 0.290 e. The highest BCUT2D eigenvalue weighted by Gasteiger charge is 2.24. The largest absolute Gasteiger partial charge is 0.483 e. The van der Waals surface area contributed by atoms with E-state index in [0.717, 1.165) is 18.5 Å². The van der Waals surface area contributed by atoms with Crippen LogP contribution in [0.15, 0.2) is 30.3 Å². The van der Waals surface area contributed by atoms with Gasteiger partial charge < -0.3 is 9.90 Å². The van der Waals surface area contributed by atoms with Crippen molar-refractivity contribution in [1.29, 1.82) is 0 Å². The summed E-state index contributed by atoms with van der Waals surface area (Å²) in [5.74, 6) is 0.944. The first-order valence-electron chi connectivity index (χ1n) is 8.89. The summed E-state index contributed by atoms with van der Waals surface area (Å²) < 4.78 is 0. The molecule has 1 unspecified atom stereocenters. The minimum Gasteiger partial charge on any atom is -0.483 e. The van der Waals surface area contributed by atoms with Crippen LogP contribution in [0.1, 0.15) is 57.9 Å². The lowest BCUT2D eigenvalue weighted by Gasteiger charge is -2.26. The molecule has 24 heavy (non-hydrogen) atoms. The van der Waals surface area contributed by atoms with E-state index in [0.29, 0.717) is 0 Å². The van der Waals surface area contributed by atoms with E-state index in [1.165, 1.54) is 50.6 Å². The smallest absolute Gasteiger partial charge is 0.290 e. The Kier molecular flexibility index (Phi) is 13.8. The van der Waals surface area contributed by atoms with Crippen LogP contribution in [-0.4, -0.2) is 35.9 Å². The number of carbonyl (C=O) groups is 2. The van der Waals surface area contributed by atoms with E-state index >= 15 is 0 Å². The fourth-order valence-electron chi connectivity index (χ4n) is 3.37. The molecular weight excluding hydrogens is 302 g/mol. The monoisotopic (exact) mass is 335 g/mol. The van der Waals surface area contributed by atoms with Crippen LogP contribution in [-0.2, 0) is 16.1 Å². The van der Waals surface area contributed by atoms with Crippen LogP contribution in [0.25, 0.3) is 0 Å². The van der Waals surface area contributed by atoms with Crippen molar-refractivity contribution in [3.8, 4) is 0 Å². The third-order valence-corrected chi connectivity index (χ3v) is 4.79. The van der Waals surface area contributed by atoms with Gasteiger partial charge in [0.1, 0.15) is 6.79 Å². The van der Waals surface area contributed by atoms with Gasteiger partial charge in [-0.1, -0.05) is 57.0 Å². The minimum absolute atomic E-state index is 0.250. The molecule has 1 heterocycles.